The van der Waals surface area contributed by atoms with Crippen molar-refractivity contribution in [3.63, 3.8) is 0 Å². The fourth-order valence-corrected chi connectivity index (χ4v) is 2.29. The van der Waals surface area contributed by atoms with Crippen LogP contribution in [-0.2, 0) is 11.2 Å². The molecule has 0 saturated carbocycles. The summed E-state index contributed by atoms with van der Waals surface area (Å²) in [5.74, 6) is 0.545. The highest BCUT2D eigenvalue weighted by atomic mass is 16.1. The van der Waals surface area contributed by atoms with Gasteiger partial charge in [-0.1, -0.05) is 50.2 Å². The highest BCUT2D eigenvalue weighted by Crippen LogP contribution is 2.19. The van der Waals surface area contributed by atoms with Gasteiger partial charge in [-0.05, 0) is 48.1 Å². The summed E-state index contributed by atoms with van der Waals surface area (Å²) in [6.45, 7) is 8.42. The molecule has 0 aliphatic rings. The lowest BCUT2D eigenvalue weighted by molar-refractivity contribution is -0.115. The molecular weight excluding hydrogens is 258 g/mol. The third-order valence-electron chi connectivity index (χ3n) is 3.89. The Balaban J connectivity index is 2.03. The summed E-state index contributed by atoms with van der Waals surface area (Å²) >= 11 is 0. The van der Waals surface area contributed by atoms with E-state index in [1.165, 1.54) is 11.1 Å². The van der Waals surface area contributed by atoms with Gasteiger partial charge in [-0.15, -0.1) is 0 Å². The zero-order valence-corrected chi connectivity index (χ0v) is 13.2. The smallest absolute Gasteiger partial charge is 0.228 e. The molecule has 0 heterocycles. The topological polar surface area (TPSA) is 29.1 Å². The van der Waals surface area contributed by atoms with E-state index < -0.39 is 0 Å². The summed E-state index contributed by atoms with van der Waals surface area (Å²) in [4.78, 5) is 12.2. The first-order chi connectivity index (χ1) is 9.97. The van der Waals surface area contributed by atoms with Crippen molar-refractivity contribution in [1.29, 1.82) is 0 Å². The molecular formula is C19H23NO. The third kappa shape index (κ3) is 3.94. The van der Waals surface area contributed by atoms with Crippen LogP contribution >= 0.6 is 0 Å². The van der Waals surface area contributed by atoms with Gasteiger partial charge in [-0.25, -0.2) is 0 Å². The molecule has 21 heavy (non-hydrogen) atoms. The molecule has 0 aliphatic heterocycles. The monoisotopic (exact) mass is 281 g/mol. The Morgan fingerprint density at radius 2 is 1.71 bits per heavy atom. The normalized spacial score (nSPS) is 10.7. The highest BCUT2D eigenvalue weighted by molar-refractivity contribution is 5.93. The van der Waals surface area contributed by atoms with Gasteiger partial charge in [-0.2, -0.15) is 0 Å². The van der Waals surface area contributed by atoms with E-state index in [-0.39, 0.29) is 5.91 Å². The van der Waals surface area contributed by atoms with E-state index in [1.54, 1.807) is 0 Å². The zero-order valence-electron chi connectivity index (χ0n) is 13.2. The summed E-state index contributed by atoms with van der Waals surface area (Å²) in [5, 5.41) is 3.00. The standard InChI is InChI=1S/C19H23NO/c1-13(2)17-10-8-16(9-11-17)12-19(21)20-18-7-5-6-14(3)15(18)4/h5-11,13H,12H2,1-4H3,(H,20,21). The molecule has 1 N–H and O–H groups in total. The van der Waals surface area contributed by atoms with Crippen molar-refractivity contribution in [2.24, 2.45) is 0 Å². The molecule has 2 aromatic rings. The van der Waals surface area contributed by atoms with Gasteiger partial charge in [0.2, 0.25) is 5.91 Å². The SMILES string of the molecule is Cc1cccc(NC(=O)Cc2ccc(C(C)C)cc2)c1C. The van der Waals surface area contributed by atoms with E-state index in [9.17, 15) is 4.79 Å². The molecule has 0 aromatic heterocycles. The van der Waals surface area contributed by atoms with Crippen LogP contribution in [-0.4, -0.2) is 5.91 Å². The van der Waals surface area contributed by atoms with Gasteiger partial charge in [0.15, 0.2) is 0 Å². The Labute approximate surface area is 127 Å². The van der Waals surface area contributed by atoms with Gasteiger partial charge in [0.05, 0.1) is 6.42 Å². The van der Waals surface area contributed by atoms with Crippen LogP contribution < -0.4 is 5.32 Å². The first kappa shape index (κ1) is 15.3. The molecule has 2 heteroatoms. The van der Waals surface area contributed by atoms with E-state index in [1.807, 2.05) is 31.2 Å². The van der Waals surface area contributed by atoms with E-state index in [0.29, 0.717) is 12.3 Å². The third-order valence-corrected chi connectivity index (χ3v) is 3.89. The average molecular weight is 281 g/mol. The van der Waals surface area contributed by atoms with Crippen LogP contribution in [0.15, 0.2) is 42.5 Å². The van der Waals surface area contributed by atoms with Crippen molar-refractivity contribution in [3.8, 4) is 0 Å². The molecule has 0 bridgehead atoms. The minimum absolute atomic E-state index is 0.0287. The molecule has 2 nitrogen and oxygen atoms in total. The number of hydrogen-bond acceptors (Lipinski definition) is 1. The van der Waals surface area contributed by atoms with Gasteiger partial charge < -0.3 is 5.32 Å². The lowest BCUT2D eigenvalue weighted by Crippen LogP contribution is -2.15. The van der Waals surface area contributed by atoms with Crippen LogP contribution in [0.3, 0.4) is 0 Å². The number of aryl methyl sites for hydroxylation is 1. The van der Waals surface area contributed by atoms with Crippen molar-refractivity contribution in [2.75, 3.05) is 5.32 Å². The maximum absolute atomic E-state index is 12.2. The quantitative estimate of drug-likeness (QED) is 0.871. The van der Waals surface area contributed by atoms with Gasteiger partial charge in [-0.3, -0.25) is 4.79 Å². The molecule has 110 valence electrons. The Hall–Kier alpha value is -2.09. The number of hydrogen-bond donors (Lipinski definition) is 1. The molecule has 0 fully saturated rings. The second-order valence-corrected chi connectivity index (χ2v) is 5.87. The van der Waals surface area contributed by atoms with Gasteiger partial charge in [0.1, 0.15) is 0 Å². The molecule has 0 aliphatic carbocycles. The van der Waals surface area contributed by atoms with Crippen molar-refractivity contribution < 1.29 is 4.79 Å². The van der Waals surface area contributed by atoms with Crippen LogP contribution in [0.1, 0.15) is 42.0 Å². The molecule has 2 aromatic carbocycles. The minimum Gasteiger partial charge on any atom is -0.326 e. The second-order valence-electron chi connectivity index (χ2n) is 5.87. The molecule has 0 unspecified atom stereocenters. The number of nitrogens with one attached hydrogen (secondary N) is 1. The Kier molecular flexibility index (Phi) is 4.79. The number of carbonyl (C=O) groups excluding carboxylic acids is 1. The van der Waals surface area contributed by atoms with E-state index >= 15 is 0 Å². The van der Waals surface area contributed by atoms with Crippen molar-refractivity contribution >= 4 is 11.6 Å². The summed E-state index contributed by atoms with van der Waals surface area (Å²) in [6, 6.07) is 14.2. The predicted octanol–water partition coefficient (Wildman–Crippen LogP) is 4.61. The average Bonchev–Trinajstić information content (AvgIpc) is 2.44. The fraction of sp³-hybridized carbons (Fsp3) is 0.316. The lowest BCUT2D eigenvalue weighted by Gasteiger charge is -2.11. The number of amides is 1. The number of benzene rings is 2. The summed E-state index contributed by atoms with van der Waals surface area (Å²) < 4.78 is 0. The second kappa shape index (κ2) is 6.57. The van der Waals surface area contributed by atoms with Crippen LogP contribution in [0.2, 0.25) is 0 Å². The molecule has 1 amide bonds. The summed E-state index contributed by atoms with van der Waals surface area (Å²) in [6.07, 6.45) is 0.408. The zero-order chi connectivity index (χ0) is 15.4. The Morgan fingerprint density at radius 3 is 2.33 bits per heavy atom. The first-order valence-electron chi connectivity index (χ1n) is 7.42. The molecule has 0 saturated heterocycles. The van der Waals surface area contributed by atoms with Crippen LogP contribution in [0.25, 0.3) is 0 Å². The van der Waals surface area contributed by atoms with Crippen molar-refractivity contribution in [3.05, 3.63) is 64.7 Å². The fourth-order valence-electron chi connectivity index (χ4n) is 2.29. The maximum Gasteiger partial charge on any atom is 0.228 e. The van der Waals surface area contributed by atoms with Crippen LogP contribution in [0, 0.1) is 13.8 Å². The molecule has 2 rings (SSSR count). The Bertz CT molecular complexity index is 627. The van der Waals surface area contributed by atoms with Crippen LogP contribution in [0.5, 0.6) is 0 Å². The largest absolute Gasteiger partial charge is 0.326 e. The molecule has 0 radical (unpaired) electrons. The van der Waals surface area contributed by atoms with E-state index in [2.05, 4.69) is 44.3 Å². The van der Waals surface area contributed by atoms with E-state index in [0.717, 1.165) is 16.8 Å². The Morgan fingerprint density at radius 1 is 1.05 bits per heavy atom. The molecule has 0 spiro atoms. The number of rotatable bonds is 4. The number of anilines is 1. The van der Waals surface area contributed by atoms with Crippen molar-refractivity contribution in [1.82, 2.24) is 0 Å². The minimum atomic E-state index is 0.0287. The maximum atomic E-state index is 12.2. The van der Waals surface area contributed by atoms with Gasteiger partial charge >= 0.3 is 0 Å². The van der Waals surface area contributed by atoms with Crippen molar-refractivity contribution in [2.45, 2.75) is 40.0 Å². The number of carbonyl (C=O) groups is 1. The van der Waals surface area contributed by atoms with E-state index in [4.69, 9.17) is 0 Å². The predicted molar refractivity (Wildman–Crippen MR) is 88.8 cm³/mol. The van der Waals surface area contributed by atoms with Gasteiger partial charge in [0, 0.05) is 5.69 Å². The first-order valence-corrected chi connectivity index (χ1v) is 7.42. The van der Waals surface area contributed by atoms with Gasteiger partial charge in [0.25, 0.3) is 0 Å². The lowest BCUT2D eigenvalue weighted by atomic mass is 10.0. The summed E-state index contributed by atoms with van der Waals surface area (Å²) in [5.41, 5.74) is 5.56. The summed E-state index contributed by atoms with van der Waals surface area (Å²) in [7, 11) is 0. The highest BCUT2D eigenvalue weighted by Gasteiger charge is 2.07. The van der Waals surface area contributed by atoms with Crippen LogP contribution in [0.4, 0.5) is 5.69 Å². The molecule has 0 atom stereocenters.